The van der Waals surface area contributed by atoms with Crippen LogP contribution in [0.1, 0.15) is 23.3 Å². The third-order valence-electron chi connectivity index (χ3n) is 4.16. The van der Waals surface area contributed by atoms with E-state index in [4.69, 9.17) is 9.26 Å². The number of anilines is 1. The molecule has 4 heterocycles. The van der Waals surface area contributed by atoms with E-state index < -0.39 is 0 Å². The number of hydrogen-bond donors (Lipinski definition) is 0. The maximum absolute atomic E-state index is 12.7. The standard InChI is InChI=1S/C14H17N5O3/c20-14(19-3-1-2-4-19)11-10-12(18-5-7-21-8-6-18)15-9-16-13(10)22-17-11/h9H,1-8H2. The monoisotopic (exact) mass is 303 g/mol. The van der Waals surface area contributed by atoms with Crippen LogP contribution in [0.3, 0.4) is 0 Å². The number of fused-ring (bicyclic) bond motifs is 1. The van der Waals surface area contributed by atoms with E-state index in [9.17, 15) is 4.79 Å². The molecule has 0 saturated carbocycles. The quantitative estimate of drug-likeness (QED) is 0.807. The largest absolute Gasteiger partial charge is 0.378 e. The summed E-state index contributed by atoms with van der Waals surface area (Å²) in [5.74, 6) is 0.609. The number of hydrogen-bond acceptors (Lipinski definition) is 7. The molecule has 0 spiro atoms. The number of amides is 1. The smallest absolute Gasteiger partial charge is 0.276 e. The molecule has 2 aromatic heterocycles. The van der Waals surface area contributed by atoms with Crippen LogP contribution in [0.4, 0.5) is 5.82 Å². The van der Waals surface area contributed by atoms with Crippen molar-refractivity contribution in [3.63, 3.8) is 0 Å². The molecule has 2 aliphatic heterocycles. The predicted octanol–water partition coefficient (Wildman–Crippen LogP) is 0.690. The highest BCUT2D eigenvalue weighted by molar-refractivity contribution is 6.07. The van der Waals surface area contributed by atoms with Crippen molar-refractivity contribution in [3.05, 3.63) is 12.0 Å². The summed E-state index contributed by atoms with van der Waals surface area (Å²) in [6.07, 6.45) is 3.52. The van der Waals surface area contributed by atoms with E-state index in [1.165, 1.54) is 6.33 Å². The van der Waals surface area contributed by atoms with Gasteiger partial charge in [0.05, 0.1) is 13.2 Å². The van der Waals surface area contributed by atoms with Gasteiger partial charge in [0.2, 0.25) is 0 Å². The third-order valence-corrected chi connectivity index (χ3v) is 4.16. The molecule has 0 aromatic carbocycles. The highest BCUT2D eigenvalue weighted by Crippen LogP contribution is 2.28. The Morgan fingerprint density at radius 2 is 1.86 bits per heavy atom. The van der Waals surface area contributed by atoms with Gasteiger partial charge in [-0.15, -0.1) is 0 Å². The molecule has 2 fully saturated rings. The van der Waals surface area contributed by atoms with Crippen molar-refractivity contribution in [1.82, 2.24) is 20.0 Å². The van der Waals surface area contributed by atoms with Gasteiger partial charge in [0.1, 0.15) is 17.5 Å². The van der Waals surface area contributed by atoms with E-state index in [2.05, 4.69) is 20.0 Å². The van der Waals surface area contributed by atoms with Gasteiger partial charge < -0.3 is 19.1 Å². The van der Waals surface area contributed by atoms with E-state index in [1.54, 1.807) is 0 Å². The minimum atomic E-state index is -0.0967. The van der Waals surface area contributed by atoms with Gasteiger partial charge in [-0.1, -0.05) is 5.16 Å². The molecule has 4 rings (SSSR count). The summed E-state index contributed by atoms with van der Waals surface area (Å²) in [5.41, 5.74) is 0.679. The zero-order valence-corrected chi connectivity index (χ0v) is 12.2. The maximum atomic E-state index is 12.7. The summed E-state index contributed by atoms with van der Waals surface area (Å²) in [4.78, 5) is 25.0. The average Bonchev–Trinajstić information content (AvgIpc) is 3.24. The molecule has 0 radical (unpaired) electrons. The Bertz CT molecular complexity index is 689. The number of ether oxygens (including phenoxy) is 1. The van der Waals surface area contributed by atoms with Crippen LogP contribution in [-0.2, 0) is 4.74 Å². The first-order valence-electron chi connectivity index (χ1n) is 7.57. The highest BCUT2D eigenvalue weighted by atomic mass is 16.5. The molecule has 1 amide bonds. The van der Waals surface area contributed by atoms with Crippen molar-refractivity contribution >= 4 is 22.8 Å². The fourth-order valence-corrected chi connectivity index (χ4v) is 3.00. The Kier molecular flexibility index (Phi) is 3.38. The molecular weight excluding hydrogens is 286 g/mol. The number of morpholine rings is 1. The molecule has 8 nitrogen and oxygen atoms in total. The Hall–Kier alpha value is -2.22. The van der Waals surface area contributed by atoms with Gasteiger partial charge in [-0.3, -0.25) is 4.79 Å². The summed E-state index contributed by atoms with van der Waals surface area (Å²) in [6, 6.07) is 0. The van der Waals surface area contributed by atoms with Crippen molar-refractivity contribution in [2.24, 2.45) is 0 Å². The minimum Gasteiger partial charge on any atom is -0.378 e. The fourth-order valence-electron chi connectivity index (χ4n) is 3.00. The van der Waals surface area contributed by atoms with Gasteiger partial charge in [-0.2, -0.15) is 4.98 Å². The predicted molar refractivity (Wildman–Crippen MR) is 77.8 cm³/mol. The van der Waals surface area contributed by atoms with Crippen LogP contribution < -0.4 is 4.90 Å². The molecule has 0 bridgehead atoms. The van der Waals surface area contributed by atoms with Gasteiger partial charge in [0.25, 0.3) is 11.6 Å². The van der Waals surface area contributed by atoms with Crippen molar-refractivity contribution < 1.29 is 14.1 Å². The second-order valence-electron chi connectivity index (χ2n) is 5.51. The zero-order valence-electron chi connectivity index (χ0n) is 12.2. The number of carbonyl (C=O) groups excluding carboxylic acids is 1. The van der Waals surface area contributed by atoms with Crippen LogP contribution >= 0.6 is 0 Å². The van der Waals surface area contributed by atoms with Crippen LogP contribution in [0.5, 0.6) is 0 Å². The lowest BCUT2D eigenvalue weighted by Gasteiger charge is -2.28. The van der Waals surface area contributed by atoms with Crippen LogP contribution in [0.25, 0.3) is 11.1 Å². The lowest BCUT2D eigenvalue weighted by Crippen LogP contribution is -2.37. The summed E-state index contributed by atoms with van der Waals surface area (Å²) >= 11 is 0. The molecule has 22 heavy (non-hydrogen) atoms. The third kappa shape index (κ3) is 2.19. The molecule has 0 atom stereocenters. The van der Waals surface area contributed by atoms with Crippen molar-refractivity contribution in [2.75, 3.05) is 44.3 Å². The van der Waals surface area contributed by atoms with E-state index >= 15 is 0 Å². The Morgan fingerprint density at radius 1 is 1.09 bits per heavy atom. The van der Waals surface area contributed by atoms with Crippen molar-refractivity contribution in [2.45, 2.75) is 12.8 Å². The van der Waals surface area contributed by atoms with Crippen LogP contribution in [0.2, 0.25) is 0 Å². The van der Waals surface area contributed by atoms with Gasteiger partial charge in [0, 0.05) is 26.2 Å². The second kappa shape index (κ2) is 5.53. The number of carbonyl (C=O) groups is 1. The minimum absolute atomic E-state index is 0.0967. The van der Waals surface area contributed by atoms with Crippen molar-refractivity contribution in [3.8, 4) is 0 Å². The summed E-state index contributed by atoms with van der Waals surface area (Å²) < 4.78 is 10.6. The zero-order chi connectivity index (χ0) is 14.9. The number of likely N-dealkylation sites (tertiary alicyclic amines) is 1. The van der Waals surface area contributed by atoms with Gasteiger partial charge in [-0.25, -0.2) is 4.98 Å². The van der Waals surface area contributed by atoms with E-state index in [1.807, 2.05) is 4.90 Å². The normalized spacial score (nSPS) is 19.1. The van der Waals surface area contributed by atoms with Crippen molar-refractivity contribution in [1.29, 1.82) is 0 Å². The van der Waals surface area contributed by atoms with Gasteiger partial charge in [-0.05, 0) is 12.8 Å². The highest BCUT2D eigenvalue weighted by Gasteiger charge is 2.29. The maximum Gasteiger partial charge on any atom is 0.276 e. The first-order valence-corrected chi connectivity index (χ1v) is 7.57. The molecule has 0 unspecified atom stereocenters. The first kappa shape index (κ1) is 13.4. The topological polar surface area (TPSA) is 84.6 Å². The molecule has 8 heteroatoms. The lowest BCUT2D eigenvalue weighted by atomic mass is 10.2. The molecule has 0 N–H and O–H groups in total. The molecule has 0 aliphatic carbocycles. The molecular formula is C14H17N5O3. The SMILES string of the molecule is O=C(c1noc2ncnc(N3CCOCC3)c12)N1CCCC1. The van der Waals surface area contributed by atoms with E-state index in [-0.39, 0.29) is 5.91 Å². The number of rotatable bonds is 2. The first-order chi connectivity index (χ1) is 10.8. The Balaban J connectivity index is 1.77. The van der Waals surface area contributed by atoms with Crippen LogP contribution in [0, 0.1) is 0 Å². The summed E-state index contributed by atoms with van der Waals surface area (Å²) in [5, 5.41) is 4.58. The molecule has 2 saturated heterocycles. The van der Waals surface area contributed by atoms with E-state index in [0.717, 1.165) is 39.0 Å². The number of nitrogens with zero attached hydrogens (tertiary/aromatic N) is 5. The summed E-state index contributed by atoms with van der Waals surface area (Å²) in [7, 11) is 0. The fraction of sp³-hybridized carbons (Fsp3) is 0.571. The molecule has 2 aliphatic rings. The van der Waals surface area contributed by atoms with Gasteiger partial charge >= 0.3 is 0 Å². The Labute approximate surface area is 127 Å². The summed E-state index contributed by atoms with van der Waals surface area (Å²) in [6.45, 7) is 4.29. The average molecular weight is 303 g/mol. The molecule has 2 aromatic rings. The van der Waals surface area contributed by atoms with Crippen LogP contribution in [-0.4, -0.2) is 65.3 Å². The van der Waals surface area contributed by atoms with Crippen LogP contribution in [0.15, 0.2) is 10.9 Å². The Morgan fingerprint density at radius 3 is 2.64 bits per heavy atom. The number of aromatic nitrogens is 3. The van der Waals surface area contributed by atoms with E-state index in [0.29, 0.717) is 35.8 Å². The lowest BCUT2D eigenvalue weighted by molar-refractivity contribution is 0.0784. The van der Waals surface area contributed by atoms with Gasteiger partial charge in [0.15, 0.2) is 5.69 Å². The molecule has 116 valence electrons. The second-order valence-corrected chi connectivity index (χ2v) is 5.51.